The van der Waals surface area contributed by atoms with E-state index in [1.54, 1.807) is 4.90 Å². The van der Waals surface area contributed by atoms with E-state index in [-0.39, 0.29) is 29.4 Å². The average Bonchev–Trinajstić information content (AvgIpc) is 2.72. The summed E-state index contributed by atoms with van der Waals surface area (Å²) in [7, 11) is 0. The first-order valence-electron chi connectivity index (χ1n) is 8.97. The van der Waals surface area contributed by atoms with Crippen LogP contribution in [0.2, 0.25) is 5.02 Å². The molecule has 0 aliphatic carbocycles. The van der Waals surface area contributed by atoms with Crippen LogP contribution in [0.1, 0.15) is 45.3 Å². The van der Waals surface area contributed by atoms with Gasteiger partial charge in [0.1, 0.15) is 22.2 Å². The molecule has 2 N–H and O–H groups in total. The van der Waals surface area contributed by atoms with Crippen molar-refractivity contribution in [2.75, 3.05) is 13.1 Å². The van der Waals surface area contributed by atoms with E-state index < -0.39 is 39.6 Å². The molecule has 10 heteroatoms. The molecule has 3 heterocycles. The molecule has 2 aliphatic heterocycles. The molecule has 2 aromatic rings. The van der Waals surface area contributed by atoms with E-state index in [2.05, 4.69) is 5.32 Å². The third-order valence-electron chi connectivity index (χ3n) is 5.29. The molecule has 152 valence electrons. The summed E-state index contributed by atoms with van der Waals surface area (Å²) in [6.07, 6.45) is 2.76. The number of carbonyl (C=O) groups is 2. The molecule has 0 spiro atoms. The van der Waals surface area contributed by atoms with Crippen molar-refractivity contribution in [3.8, 4) is 5.75 Å². The van der Waals surface area contributed by atoms with Gasteiger partial charge in [0.05, 0.1) is 6.04 Å². The fourth-order valence-electron chi connectivity index (χ4n) is 3.77. The van der Waals surface area contributed by atoms with Crippen molar-refractivity contribution in [2.45, 2.75) is 25.4 Å². The second-order valence-electron chi connectivity index (χ2n) is 7.04. The molecule has 29 heavy (non-hydrogen) atoms. The number of halogens is 3. The lowest BCUT2D eigenvalue weighted by atomic mass is 9.99. The van der Waals surface area contributed by atoms with Crippen LogP contribution >= 0.6 is 11.6 Å². The summed E-state index contributed by atoms with van der Waals surface area (Å²) in [6, 6.07) is 1.94. The first kappa shape index (κ1) is 19.4. The zero-order chi connectivity index (χ0) is 20.9. The zero-order valence-corrected chi connectivity index (χ0v) is 15.8. The third kappa shape index (κ3) is 3.15. The highest BCUT2D eigenvalue weighted by atomic mass is 35.5. The number of rotatable bonds is 3. The Morgan fingerprint density at radius 1 is 1.31 bits per heavy atom. The van der Waals surface area contributed by atoms with E-state index in [1.165, 1.54) is 10.8 Å². The number of piperidine rings is 1. The van der Waals surface area contributed by atoms with Crippen molar-refractivity contribution in [3.05, 3.63) is 62.0 Å². The minimum Gasteiger partial charge on any atom is -0.503 e. The van der Waals surface area contributed by atoms with E-state index in [4.69, 9.17) is 11.6 Å². The number of hydrogen-bond donors (Lipinski definition) is 2. The predicted octanol–water partition coefficient (Wildman–Crippen LogP) is 2.21. The second-order valence-corrected chi connectivity index (χ2v) is 7.42. The maximum absolute atomic E-state index is 14.0. The van der Waals surface area contributed by atoms with E-state index in [0.29, 0.717) is 13.1 Å². The maximum atomic E-state index is 14.0. The summed E-state index contributed by atoms with van der Waals surface area (Å²) in [6.45, 7) is 0.647. The molecule has 1 aromatic heterocycles. The second kappa shape index (κ2) is 7.14. The van der Waals surface area contributed by atoms with Crippen LogP contribution in [0.5, 0.6) is 5.75 Å². The van der Waals surface area contributed by atoms with Crippen LogP contribution in [-0.2, 0) is 6.54 Å². The van der Waals surface area contributed by atoms with Crippen LogP contribution in [0.15, 0.2) is 23.1 Å². The molecule has 1 fully saturated rings. The van der Waals surface area contributed by atoms with Gasteiger partial charge in [-0.3, -0.25) is 14.4 Å². The van der Waals surface area contributed by atoms with Gasteiger partial charge in [-0.2, -0.15) is 0 Å². The van der Waals surface area contributed by atoms with Gasteiger partial charge in [-0.1, -0.05) is 17.7 Å². The smallest absolute Gasteiger partial charge is 0.274 e. The lowest BCUT2D eigenvalue weighted by Gasteiger charge is -2.40. The molecule has 1 aromatic carbocycles. The van der Waals surface area contributed by atoms with Crippen molar-refractivity contribution in [1.82, 2.24) is 14.8 Å². The summed E-state index contributed by atoms with van der Waals surface area (Å²) < 4.78 is 28.7. The topological polar surface area (TPSA) is 91.6 Å². The van der Waals surface area contributed by atoms with E-state index in [0.717, 1.165) is 25.0 Å². The molecule has 4 rings (SSSR count). The first-order valence-corrected chi connectivity index (χ1v) is 9.35. The van der Waals surface area contributed by atoms with Gasteiger partial charge >= 0.3 is 0 Å². The fourth-order valence-corrected chi connectivity index (χ4v) is 3.95. The summed E-state index contributed by atoms with van der Waals surface area (Å²) in [5.74, 6) is -4.03. The van der Waals surface area contributed by atoms with Gasteiger partial charge in [0.2, 0.25) is 5.43 Å². The quantitative estimate of drug-likeness (QED) is 0.740. The first-order chi connectivity index (χ1) is 13.8. The van der Waals surface area contributed by atoms with Crippen molar-refractivity contribution < 1.29 is 23.5 Å². The number of aromatic hydroxyl groups is 1. The van der Waals surface area contributed by atoms with Crippen molar-refractivity contribution in [1.29, 1.82) is 0 Å². The number of aromatic nitrogens is 1. The number of nitrogens with one attached hydrogen (secondary N) is 1. The number of pyridine rings is 1. The molecule has 1 atom stereocenters. The monoisotopic (exact) mass is 423 g/mol. The zero-order valence-electron chi connectivity index (χ0n) is 15.0. The Hall–Kier alpha value is -2.94. The van der Waals surface area contributed by atoms with Gasteiger partial charge < -0.3 is 19.9 Å². The molecule has 0 radical (unpaired) electrons. The van der Waals surface area contributed by atoms with Crippen LogP contribution in [0.4, 0.5) is 8.78 Å². The molecule has 2 amide bonds. The van der Waals surface area contributed by atoms with Gasteiger partial charge in [-0.05, 0) is 18.9 Å². The van der Waals surface area contributed by atoms with Crippen molar-refractivity contribution in [2.24, 2.45) is 0 Å². The van der Waals surface area contributed by atoms with Crippen LogP contribution in [0, 0.1) is 11.6 Å². The van der Waals surface area contributed by atoms with Crippen molar-refractivity contribution >= 4 is 23.4 Å². The average molecular weight is 424 g/mol. The Morgan fingerprint density at radius 2 is 2.07 bits per heavy atom. The Bertz CT molecular complexity index is 1100. The molecule has 1 saturated heterocycles. The van der Waals surface area contributed by atoms with Gasteiger partial charge in [-0.15, -0.1) is 0 Å². The lowest BCUT2D eigenvalue weighted by molar-refractivity contribution is 0.0586. The highest BCUT2D eigenvalue weighted by Crippen LogP contribution is 2.32. The fraction of sp³-hybridized carbons (Fsp3) is 0.316. The standard InChI is InChI=1S/C19H16ClF2N3O4/c20-13-12(21)4-3-9(14(13)22)6-23-18(28)11-8-25-10-2-1-5-24(7-10)19(29)15(25)17(27)16(11)26/h3-4,8,10,27H,1-2,5-7H2,(H,23,28). The molecule has 2 bridgehead atoms. The summed E-state index contributed by atoms with van der Waals surface area (Å²) >= 11 is 5.52. The molecular weight excluding hydrogens is 408 g/mol. The Morgan fingerprint density at radius 3 is 2.83 bits per heavy atom. The summed E-state index contributed by atoms with van der Waals surface area (Å²) in [5.41, 5.74) is -1.54. The van der Waals surface area contributed by atoms with Crippen molar-refractivity contribution in [3.63, 3.8) is 0 Å². The van der Waals surface area contributed by atoms with Gasteiger partial charge in [0.15, 0.2) is 11.4 Å². The predicted molar refractivity (Wildman–Crippen MR) is 99.1 cm³/mol. The van der Waals surface area contributed by atoms with E-state index in [9.17, 15) is 28.3 Å². The normalized spacial score (nSPS) is 17.8. The Labute approximate surface area is 168 Å². The van der Waals surface area contributed by atoms with Crippen LogP contribution in [0.25, 0.3) is 0 Å². The number of nitrogens with zero attached hydrogens (tertiary/aromatic N) is 2. The lowest BCUT2D eigenvalue weighted by Crippen LogP contribution is -2.48. The summed E-state index contributed by atoms with van der Waals surface area (Å²) in [4.78, 5) is 39.1. The minimum absolute atomic E-state index is 0.0647. The highest BCUT2D eigenvalue weighted by molar-refractivity contribution is 6.30. The van der Waals surface area contributed by atoms with Gasteiger partial charge in [0.25, 0.3) is 11.8 Å². The molecule has 1 unspecified atom stereocenters. The summed E-state index contributed by atoms with van der Waals surface area (Å²) in [5, 5.41) is 12.0. The number of benzene rings is 1. The van der Waals surface area contributed by atoms with Gasteiger partial charge in [0, 0.05) is 31.4 Å². The van der Waals surface area contributed by atoms with Crippen LogP contribution < -0.4 is 10.7 Å². The third-order valence-corrected chi connectivity index (χ3v) is 5.64. The number of amides is 2. The molecular formula is C19H16ClF2N3O4. The van der Waals surface area contributed by atoms with Crippen LogP contribution in [0.3, 0.4) is 0 Å². The number of hydrogen-bond acceptors (Lipinski definition) is 4. The SMILES string of the molecule is O=C(NCc1ccc(F)c(Cl)c1F)c1cn2c(c(O)c1=O)C(=O)N1CCCC2C1. The number of carbonyl (C=O) groups excluding carboxylic acids is 2. The highest BCUT2D eigenvalue weighted by Gasteiger charge is 2.37. The van der Waals surface area contributed by atoms with Gasteiger partial charge in [-0.25, -0.2) is 8.78 Å². The molecule has 7 nitrogen and oxygen atoms in total. The molecule has 0 saturated carbocycles. The Balaban J connectivity index is 1.65. The largest absolute Gasteiger partial charge is 0.503 e. The maximum Gasteiger partial charge on any atom is 0.274 e. The number of fused-ring (bicyclic) bond motifs is 4. The molecule has 2 aliphatic rings. The van der Waals surface area contributed by atoms with E-state index >= 15 is 0 Å². The van der Waals surface area contributed by atoms with Crippen LogP contribution in [-0.4, -0.2) is 39.5 Å². The van der Waals surface area contributed by atoms with E-state index in [1.807, 2.05) is 0 Å². The Kier molecular flexibility index (Phi) is 4.77. The minimum atomic E-state index is -1.01.